The molecule has 0 fully saturated rings. The highest BCUT2D eigenvalue weighted by molar-refractivity contribution is 5.41. The molecule has 0 bridgehead atoms. The van der Waals surface area contributed by atoms with Gasteiger partial charge in [0.1, 0.15) is 17.6 Å². The molecule has 1 heterocycles. The predicted octanol–water partition coefficient (Wildman–Crippen LogP) is 3.48. The predicted molar refractivity (Wildman–Crippen MR) is 83.7 cm³/mol. The van der Waals surface area contributed by atoms with Crippen LogP contribution in [0.25, 0.3) is 0 Å². The Hall–Kier alpha value is -2.00. The third-order valence-corrected chi connectivity index (χ3v) is 3.81. The minimum absolute atomic E-state index is 0.0335. The van der Waals surface area contributed by atoms with Crippen molar-refractivity contribution in [3.8, 4) is 11.5 Å². The van der Waals surface area contributed by atoms with Crippen LogP contribution in [0.15, 0.2) is 48.5 Å². The van der Waals surface area contributed by atoms with Crippen molar-refractivity contribution in [2.45, 2.75) is 31.9 Å². The lowest BCUT2D eigenvalue weighted by molar-refractivity contribution is 0.196. The normalized spacial score (nSPS) is 17.9. The molecule has 1 aliphatic rings. The molecule has 0 radical (unpaired) electrons. The quantitative estimate of drug-likeness (QED) is 0.913. The molecule has 2 N–H and O–H groups in total. The standard InChI is InChI=1S/C18H21NO2/c1-2-11-20-16-10-6-4-8-14(16)18(19)17-12-13-7-3-5-9-15(13)21-17/h3-10,17-18H,2,11-12,19H2,1H3. The van der Waals surface area contributed by atoms with Crippen LogP contribution in [0.5, 0.6) is 11.5 Å². The number of fused-ring (bicyclic) bond motifs is 1. The van der Waals surface area contributed by atoms with Crippen LogP contribution in [0.1, 0.15) is 30.5 Å². The summed E-state index contributed by atoms with van der Waals surface area (Å²) in [4.78, 5) is 0. The van der Waals surface area contributed by atoms with Crippen LogP contribution in [0.4, 0.5) is 0 Å². The van der Waals surface area contributed by atoms with Crippen molar-refractivity contribution in [3.05, 3.63) is 59.7 Å². The molecule has 3 rings (SSSR count). The van der Waals surface area contributed by atoms with Crippen molar-refractivity contribution < 1.29 is 9.47 Å². The highest BCUT2D eigenvalue weighted by Gasteiger charge is 2.30. The Kier molecular flexibility index (Phi) is 4.11. The third kappa shape index (κ3) is 2.88. The van der Waals surface area contributed by atoms with Gasteiger partial charge in [-0.3, -0.25) is 0 Å². The van der Waals surface area contributed by atoms with E-state index in [0.29, 0.717) is 6.61 Å². The van der Waals surface area contributed by atoms with Gasteiger partial charge in [-0.1, -0.05) is 43.3 Å². The number of hydrogen-bond acceptors (Lipinski definition) is 3. The minimum Gasteiger partial charge on any atom is -0.493 e. The van der Waals surface area contributed by atoms with E-state index in [4.69, 9.17) is 15.2 Å². The molecule has 3 heteroatoms. The van der Waals surface area contributed by atoms with Crippen LogP contribution in [0, 0.1) is 0 Å². The molecule has 0 aromatic heterocycles. The van der Waals surface area contributed by atoms with Gasteiger partial charge < -0.3 is 15.2 Å². The molecule has 0 aliphatic carbocycles. The Morgan fingerprint density at radius 2 is 1.95 bits per heavy atom. The van der Waals surface area contributed by atoms with Crippen molar-refractivity contribution >= 4 is 0 Å². The molecule has 2 atom stereocenters. The zero-order valence-corrected chi connectivity index (χ0v) is 12.3. The van der Waals surface area contributed by atoms with Crippen molar-refractivity contribution in [3.63, 3.8) is 0 Å². The van der Waals surface area contributed by atoms with E-state index in [1.807, 2.05) is 42.5 Å². The summed E-state index contributed by atoms with van der Waals surface area (Å²) in [6.45, 7) is 2.80. The van der Waals surface area contributed by atoms with Gasteiger partial charge in [0.25, 0.3) is 0 Å². The minimum atomic E-state index is -0.189. The van der Waals surface area contributed by atoms with E-state index in [9.17, 15) is 0 Å². The highest BCUT2D eigenvalue weighted by Crippen LogP contribution is 2.35. The van der Waals surface area contributed by atoms with Crippen molar-refractivity contribution in [2.75, 3.05) is 6.61 Å². The fourth-order valence-electron chi connectivity index (χ4n) is 2.71. The van der Waals surface area contributed by atoms with E-state index in [0.717, 1.165) is 29.9 Å². The fraction of sp³-hybridized carbons (Fsp3) is 0.333. The van der Waals surface area contributed by atoms with E-state index in [1.54, 1.807) is 0 Å². The Morgan fingerprint density at radius 1 is 1.19 bits per heavy atom. The molecular weight excluding hydrogens is 262 g/mol. The smallest absolute Gasteiger partial charge is 0.124 e. The molecule has 0 spiro atoms. The van der Waals surface area contributed by atoms with Crippen LogP contribution in [-0.2, 0) is 6.42 Å². The van der Waals surface area contributed by atoms with Crippen molar-refractivity contribution in [1.29, 1.82) is 0 Å². The van der Waals surface area contributed by atoms with Gasteiger partial charge in [0.15, 0.2) is 0 Å². The lowest BCUT2D eigenvalue weighted by atomic mass is 9.98. The van der Waals surface area contributed by atoms with E-state index in [2.05, 4.69) is 13.0 Å². The monoisotopic (exact) mass is 283 g/mol. The maximum Gasteiger partial charge on any atom is 0.124 e. The summed E-state index contributed by atoms with van der Waals surface area (Å²) in [5.41, 5.74) is 8.69. The van der Waals surface area contributed by atoms with Gasteiger partial charge in [-0.2, -0.15) is 0 Å². The summed E-state index contributed by atoms with van der Waals surface area (Å²) in [5.74, 6) is 1.82. The fourth-order valence-corrected chi connectivity index (χ4v) is 2.71. The van der Waals surface area contributed by atoms with Gasteiger partial charge in [-0.05, 0) is 24.1 Å². The SMILES string of the molecule is CCCOc1ccccc1C(N)C1Cc2ccccc2O1. The van der Waals surface area contributed by atoms with E-state index in [1.165, 1.54) is 5.56 Å². The number of nitrogens with two attached hydrogens (primary N) is 1. The summed E-state index contributed by atoms with van der Waals surface area (Å²) < 4.78 is 11.8. The third-order valence-electron chi connectivity index (χ3n) is 3.81. The van der Waals surface area contributed by atoms with Crippen LogP contribution < -0.4 is 15.2 Å². The molecule has 21 heavy (non-hydrogen) atoms. The van der Waals surface area contributed by atoms with Crippen molar-refractivity contribution in [1.82, 2.24) is 0 Å². The second kappa shape index (κ2) is 6.19. The summed E-state index contributed by atoms with van der Waals surface area (Å²) in [5, 5.41) is 0. The van der Waals surface area contributed by atoms with E-state index in [-0.39, 0.29) is 12.1 Å². The maximum atomic E-state index is 6.45. The molecule has 2 aromatic rings. The second-order valence-electron chi connectivity index (χ2n) is 5.38. The summed E-state index contributed by atoms with van der Waals surface area (Å²) >= 11 is 0. The largest absolute Gasteiger partial charge is 0.493 e. The molecule has 2 aromatic carbocycles. The number of ether oxygens (including phenoxy) is 2. The van der Waals surface area contributed by atoms with Gasteiger partial charge in [0, 0.05) is 12.0 Å². The maximum absolute atomic E-state index is 6.45. The van der Waals surface area contributed by atoms with Crippen molar-refractivity contribution in [2.24, 2.45) is 5.73 Å². The highest BCUT2D eigenvalue weighted by atomic mass is 16.5. The van der Waals surface area contributed by atoms with Gasteiger partial charge in [0.05, 0.1) is 12.6 Å². The topological polar surface area (TPSA) is 44.5 Å². The first kappa shape index (κ1) is 14.0. The van der Waals surface area contributed by atoms with E-state index < -0.39 is 0 Å². The molecule has 110 valence electrons. The number of benzene rings is 2. The Balaban J connectivity index is 1.79. The van der Waals surface area contributed by atoms with Crippen LogP contribution in [0.2, 0.25) is 0 Å². The number of hydrogen-bond donors (Lipinski definition) is 1. The first-order valence-electron chi connectivity index (χ1n) is 7.51. The first-order valence-corrected chi connectivity index (χ1v) is 7.51. The van der Waals surface area contributed by atoms with Gasteiger partial charge in [-0.15, -0.1) is 0 Å². The second-order valence-corrected chi connectivity index (χ2v) is 5.38. The van der Waals surface area contributed by atoms with Gasteiger partial charge >= 0.3 is 0 Å². The van der Waals surface area contributed by atoms with Crippen LogP contribution >= 0.6 is 0 Å². The lowest BCUT2D eigenvalue weighted by Crippen LogP contribution is -2.30. The Labute approximate surface area is 125 Å². The average molecular weight is 283 g/mol. The molecule has 0 saturated heterocycles. The molecule has 3 nitrogen and oxygen atoms in total. The first-order chi connectivity index (χ1) is 10.3. The molecule has 1 aliphatic heterocycles. The molecule has 0 amide bonds. The molecular formula is C18H21NO2. The zero-order chi connectivity index (χ0) is 14.7. The van der Waals surface area contributed by atoms with E-state index >= 15 is 0 Å². The number of para-hydroxylation sites is 2. The van der Waals surface area contributed by atoms with Gasteiger partial charge in [-0.25, -0.2) is 0 Å². The molecule has 2 unspecified atom stereocenters. The average Bonchev–Trinajstić information content (AvgIpc) is 2.96. The Morgan fingerprint density at radius 3 is 2.76 bits per heavy atom. The van der Waals surface area contributed by atoms with Crippen LogP contribution in [0.3, 0.4) is 0 Å². The van der Waals surface area contributed by atoms with Crippen LogP contribution in [-0.4, -0.2) is 12.7 Å². The summed E-state index contributed by atoms with van der Waals surface area (Å²) in [7, 11) is 0. The zero-order valence-electron chi connectivity index (χ0n) is 12.3. The number of rotatable bonds is 5. The summed E-state index contributed by atoms with van der Waals surface area (Å²) in [6.07, 6.45) is 1.79. The Bertz CT molecular complexity index is 587. The summed E-state index contributed by atoms with van der Waals surface area (Å²) in [6, 6.07) is 15.9. The lowest BCUT2D eigenvalue weighted by Gasteiger charge is -2.22. The van der Waals surface area contributed by atoms with Gasteiger partial charge in [0.2, 0.25) is 0 Å². The molecule has 0 saturated carbocycles.